The summed E-state index contributed by atoms with van der Waals surface area (Å²) in [6.45, 7) is 3.06. The van der Waals surface area contributed by atoms with Crippen LogP contribution in [0.5, 0.6) is 0 Å². The number of hydrogen-bond donors (Lipinski definition) is 1. The van der Waals surface area contributed by atoms with Crippen molar-refractivity contribution in [3.8, 4) is 0 Å². The Hall–Kier alpha value is -2.44. The highest BCUT2D eigenvalue weighted by Gasteiger charge is 2.37. The van der Waals surface area contributed by atoms with Crippen LogP contribution >= 0.6 is 11.6 Å². The number of rotatable bonds is 6. The summed E-state index contributed by atoms with van der Waals surface area (Å²) in [5.41, 5.74) is 1.47. The zero-order valence-corrected chi connectivity index (χ0v) is 18.4. The highest BCUT2D eigenvalue weighted by molar-refractivity contribution is 6.30. The number of amides is 2. The molecular formula is C24H29ClN4O2. The second kappa shape index (κ2) is 10.2. The lowest BCUT2D eigenvalue weighted by Gasteiger charge is -2.40. The third kappa shape index (κ3) is 5.43. The fraction of sp³-hybridized carbons (Fsp3) is 0.458. The normalized spacial score (nSPS) is 18.7. The summed E-state index contributed by atoms with van der Waals surface area (Å²) in [7, 11) is 0. The molecular weight excluding hydrogens is 412 g/mol. The average molecular weight is 441 g/mol. The Labute approximate surface area is 188 Å². The molecule has 1 saturated carbocycles. The highest BCUT2D eigenvalue weighted by Crippen LogP contribution is 2.31. The number of nitrogens with zero attached hydrogens (tertiary/aromatic N) is 3. The number of carbonyl (C=O) groups is 2. The van der Waals surface area contributed by atoms with E-state index in [2.05, 4.69) is 15.2 Å². The number of pyridine rings is 1. The van der Waals surface area contributed by atoms with Gasteiger partial charge in [0.2, 0.25) is 5.91 Å². The van der Waals surface area contributed by atoms with E-state index in [1.165, 1.54) is 12.8 Å². The highest BCUT2D eigenvalue weighted by atomic mass is 35.5. The summed E-state index contributed by atoms with van der Waals surface area (Å²) in [5.74, 6) is 0.449. The summed E-state index contributed by atoms with van der Waals surface area (Å²) in [6, 6.07) is 12.7. The molecule has 1 atom stereocenters. The fourth-order valence-corrected chi connectivity index (χ4v) is 4.93. The smallest absolute Gasteiger partial charge is 0.253 e. The van der Waals surface area contributed by atoms with Gasteiger partial charge in [-0.15, -0.1) is 0 Å². The summed E-state index contributed by atoms with van der Waals surface area (Å²) < 4.78 is 0. The second-order valence-electron chi connectivity index (χ2n) is 8.37. The van der Waals surface area contributed by atoms with E-state index in [-0.39, 0.29) is 17.9 Å². The van der Waals surface area contributed by atoms with E-state index in [0.717, 1.165) is 18.5 Å². The van der Waals surface area contributed by atoms with Crippen molar-refractivity contribution in [2.45, 2.75) is 38.3 Å². The molecule has 1 saturated heterocycles. The Morgan fingerprint density at radius 2 is 1.84 bits per heavy atom. The molecule has 2 fully saturated rings. The average Bonchev–Trinajstić information content (AvgIpc) is 3.33. The van der Waals surface area contributed by atoms with Crippen molar-refractivity contribution in [3.63, 3.8) is 0 Å². The SMILES string of the molecule is O=C(NCc1ccccn1)C(C1CCCC1)N1CCN(C(=O)c2cccc(Cl)c2)CC1. The lowest BCUT2D eigenvalue weighted by molar-refractivity contribution is -0.129. The first kappa shape index (κ1) is 21.8. The van der Waals surface area contributed by atoms with Crippen molar-refractivity contribution in [2.75, 3.05) is 26.2 Å². The fourth-order valence-electron chi connectivity index (χ4n) is 4.74. The predicted molar refractivity (Wildman–Crippen MR) is 121 cm³/mol. The van der Waals surface area contributed by atoms with Crippen LogP contribution in [0.4, 0.5) is 0 Å². The minimum absolute atomic E-state index is 0.000769. The molecule has 0 spiro atoms. The van der Waals surface area contributed by atoms with E-state index in [1.807, 2.05) is 23.1 Å². The monoisotopic (exact) mass is 440 g/mol. The summed E-state index contributed by atoms with van der Waals surface area (Å²) >= 11 is 6.05. The number of halogens is 1. The number of nitrogens with one attached hydrogen (secondary N) is 1. The summed E-state index contributed by atoms with van der Waals surface area (Å²) in [4.78, 5) is 34.5. The first-order valence-electron chi connectivity index (χ1n) is 11.1. The Morgan fingerprint density at radius 3 is 2.52 bits per heavy atom. The van der Waals surface area contributed by atoms with Gasteiger partial charge in [-0.3, -0.25) is 19.5 Å². The largest absolute Gasteiger partial charge is 0.349 e. The summed E-state index contributed by atoms with van der Waals surface area (Å²) in [6.07, 6.45) is 6.28. The van der Waals surface area contributed by atoms with Crippen molar-refractivity contribution in [3.05, 3.63) is 64.9 Å². The van der Waals surface area contributed by atoms with Crippen LogP contribution in [-0.2, 0) is 11.3 Å². The molecule has 1 aromatic carbocycles. The van der Waals surface area contributed by atoms with Crippen LogP contribution < -0.4 is 5.32 Å². The van der Waals surface area contributed by atoms with Crippen molar-refractivity contribution >= 4 is 23.4 Å². The molecule has 6 nitrogen and oxygen atoms in total. The van der Waals surface area contributed by atoms with Crippen LogP contribution in [0.25, 0.3) is 0 Å². The molecule has 7 heteroatoms. The first-order chi connectivity index (χ1) is 15.1. The van der Waals surface area contributed by atoms with Crippen LogP contribution in [0.15, 0.2) is 48.7 Å². The van der Waals surface area contributed by atoms with Gasteiger partial charge < -0.3 is 10.2 Å². The lowest BCUT2D eigenvalue weighted by Crippen LogP contribution is -2.57. The minimum Gasteiger partial charge on any atom is -0.349 e. The second-order valence-corrected chi connectivity index (χ2v) is 8.80. The predicted octanol–water partition coefficient (Wildman–Crippen LogP) is 3.37. The van der Waals surface area contributed by atoms with Gasteiger partial charge in [0.25, 0.3) is 5.91 Å². The van der Waals surface area contributed by atoms with Gasteiger partial charge >= 0.3 is 0 Å². The number of piperazine rings is 1. The van der Waals surface area contributed by atoms with E-state index in [1.54, 1.807) is 30.5 Å². The molecule has 2 aromatic rings. The van der Waals surface area contributed by atoms with E-state index in [0.29, 0.717) is 49.2 Å². The van der Waals surface area contributed by atoms with Gasteiger partial charge in [0.1, 0.15) is 0 Å². The molecule has 2 heterocycles. The molecule has 1 aromatic heterocycles. The molecule has 4 rings (SSSR count). The van der Waals surface area contributed by atoms with Gasteiger partial charge in [0.15, 0.2) is 0 Å². The van der Waals surface area contributed by atoms with Crippen molar-refractivity contribution in [2.24, 2.45) is 5.92 Å². The first-order valence-corrected chi connectivity index (χ1v) is 11.5. The van der Waals surface area contributed by atoms with Crippen LogP contribution in [0.1, 0.15) is 41.7 Å². The Morgan fingerprint density at radius 1 is 1.06 bits per heavy atom. The molecule has 0 radical (unpaired) electrons. The van der Waals surface area contributed by atoms with E-state index >= 15 is 0 Å². The van der Waals surface area contributed by atoms with Gasteiger partial charge in [0, 0.05) is 43.0 Å². The number of hydrogen-bond acceptors (Lipinski definition) is 4. The van der Waals surface area contributed by atoms with E-state index < -0.39 is 0 Å². The van der Waals surface area contributed by atoms with Gasteiger partial charge in [-0.25, -0.2) is 0 Å². The third-order valence-electron chi connectivity index (χ3n) is 6.35. The summed E-state index contributed by atoms with van der Waals surface area (Å²) in [5, 5.41) is 3.67. The van der Waals surface area contributed by atoms with Gasteiger partial charge in [0.05, 0.1) is 18.3 Å². The quantitative estimate of drug-likeness (QED) is 0.747. The zero-order chi connectivity index (χ0) is 21.6. The Kier molecular flexibility index (Phi) is 7.20. The molecule has 0 bridgehead atoms. The molecule has 1 unspecified atom stereocenters. The van der Waals surface area contributed by atoms with Crippen molar-refractivity contribution < 1.29 is 9.59 Å². The van der Waals surface area contributed by atoms with Crippen LogP contribution in [0, 0.1) is 5.92 Å². The number of carbonyl (C=O) groups excluding carboxylic acids is 2. The molecule has 2 amide bonds. The van der Waals surface area contributed by atoms with Crippen molar-refractivity contribution in [1.29, 1.82) is 0 Å². The minimum atomic E-state index is -0.144. The third-order valence-corrected chi connectivity index (χ3v) is 6.59. The van der Waals surface area contributed by atoms with Crippen LogP contribution in [0.3, 0.4) is 0 Å². The maximum atomic E-state index is 13.2. The van der Waals surface area contributed by atoms with Gasteiger partial charge in [-0.05, 0) is 49.1 Å². The van der Waals surface area contributed by atoms with Gasteiger partial charge in [-0.1, -0.05) is 36.6 Å². The molecule has 1 aliphatic heterocycles. The van der Waals surface area contributed by atoms with Gasteiger partial charge in [-0.2, -0.15) is 0 Å². The van der Waals surface area contributed by atoms with Crippen LogP contribution in [0.2, 0.25) is 5.02 Å². The molecule has 31 heavy (non-hydrogen) atoms. The van der Waals surface area contributed by atoms with E-state index in [9.17, 15) is 9.59 Å². The molecule has 1 aliphatic carbocycles. The molecule has 1 N–H and O–H groups in total. The van der Waals surface area contributed by atoms with Crippen LogP contribution in [-0.4, -0.2) is 58.8 Å². The molecule has 2 aliphatic rings. The van der Waals surface area contributed by atoms with Crippen molar-refractivity contribution in [1.82, 2.24) is 20.1 Å². The number of aromatic nitrogens is 1. The topological polar surface area (TPSA) is 65.5 Å². The Balaban J connectivity index is 1.39. The van der Waals surface area contributed by atoms with E-state index in [4.69, 9.17) is 11.6 Å². The number of benzene rings is 1. The standard InChI is InChI=1S/C24H29ClN4O2/c25-20-9-5-8-19(16-20)24(31)29-14-12-28(13-15-29)22(18-6-1-2-7-18)23(30)27-17-21-10-3-4-11-26-21/h3-5,8-11,16,18,22H,1-2,6-7,12-15,17H2,(H,27,30). The maximum absolute atomic E-state index is 13.2. The lowest BCUT2D eigenvalue weighted by atomic mass is 9.95. The Bertz CT molecular complexity index is 893. The zero-order valence-electron chi connectivity index (χ0n) is 17.7. The maximum Gasteiger partial charge on any atom is 0.253 e. The molecule has 164 valence electrons.